The van der Waals surface area contributed by atoms with Crippen LogP contribution in [0.4, 0.5) is 0 Å². The highest BCUT2D eigenvalue weighted by Crippen LogP contribution is 1.97. The molecular formula is C4H5N2S. The Bertz CT molecular complexity index is 124. The molecule has 0 aliphatic carbocycles. The molecule has 0 aliphatic rings. The van der Waals surface area contributed by atoms with Gasteiger partial charge in [0.25, 0.3) is 0 Å². The van der Waals surface area contributed by atoms with Crippen molar-refractivity contribution >= 4 is 11.5 Å². The van der Waals surface area contributed by atoms with E-state index in [9.17, 15) is 0 Å². The van der Waals surface area contributed by atoms with Gasteiger partial charge in [0.2, 0.25) is 0 Å². The highest BCUT2D eigenvalue weighted by molar-refractivity contribution is 7.03. The predicted molar refractivity (Wildman–Crippen MR) is 29.0 cm³/mol. The van der Waals surface area contributed by atoms with Gasteiger partial charge in [0.15, 0.2) is 0 Å². The lowest BCUT2D eigenvalue weighted by Crippen LogP contribution is -1.73. The number of nitrogens with zero attached hydrogens (tertiary/aromatic N) is 2. The molecule has 1 radical (unpaired) electrons. The van der Waals surface area contributed by atoms with E-state index in [1.165, 1.54) is 11.5 Å². The Morgan fingerprint density at radius 3 is 3.00 bits per heavy atom. The van der Waals surface area contributed by atoms with Gasteiger partial charge in [-0.25, -0.2) is 0 Å². The highest BCUT2D eigenvalue weighted by atomic mass is 32.1. The minimum Gasteiger partial charge on any atom is -0.143 e. The van der Waals surface area contributed by atoms with Crippen molar-refractivity contribution in [2.24, 2.45) is 0 Å². The molecule has 0 amide bonds. The molecule has 2 nitrogen and oxygen atoms in total. The van der Waals surface area contributed by atoms with Gasteiger partial charge in [0.1, 0.15) is 0 Å². The molecule has 7 heavy (non-hydrogen) atoms. The predicted octanol–water partition coefficient (Wildman–Crippen LogP) is 1.11. The molecular weight excluding hydrogens is 108 g/mol. The van der Waals surface area contributed by atoms with Crippen molar-refractivity contribution in [1.29, 1.82) is 0 Å². The Hall–Kier alpha value is -0.440. The Morgan fingerprint density at radius 2 is 2.71 bits per heavy atom. The molecule has 0 fully saturated rings. The zero-order valence-electron chi connectivity index (χ0n) is 3.96. The highest BCUT2D eigenvalue weighted by Gasteiger charge is 1.86. The summed E-state index contributed by atoms with van der Waals surface area (Å²) in [5, 5.41) is 5.65. The summed E-state index contributed by atoms with van der Waals surface area (Å²) in [6.07, 6.45) is 1.92. The van der Waals surface area contributed by atoms with Crippen LogP contribution in [0.2, 0.25) is 0 Å². The van der Waals surface area contributed by atoms with Crippen LogP contribution in [0.25, 0.3) is 0 Å². The van der Waals surface area contributed by atoms with Crippen LogP contribution in [-0.4, -0.2) is 9.59 Å². The lowest BCUT2D eigenvalue weighted by molar-refractivity contribution is 1.09. The van der Waals surface area contributed by atoms with Crippen LogP contribution in [0.15, 0.2) is 5.38 Å². The average Bonchev–Trinajstić information content (AvgIpc) is 2.14. The first-order valence-corrected chi connectivity index (χ1v) is 2.83. The summed E-state index contributed by atoms with van der Waals surface area (Å²) in [6.45, 7) is 1.94. The van der Waals surface area contributed by atoms with Crippen LogP contribution in [0.3, 0.4) is 0 Å². The van der Waals surface area contributed by atoms with Crippen molar-refractivity contribution < 1.29 is 0 Å². The van der Waals surface area contributed by atoms with E-state index >= 15 is 0 Å². The SMILES string of the molecule is C[CH]c1csnn1. The second-order valence-corrected chi connectivity index (χ2v) is 1.73. The number of aromatic nitrogens is 2. The van der Waals surface area contributed by atoms with Gasteiger partial charge in [0.05, 0.1) is 5.69 Å². The fourth-order valence-electron chi connectivity index (χ4n) is 0.298. The Morgan fingerprint density at radius 1 is 1.86 bits per heavy atom. The van der Waals surface area contributed by atoms with Gasteiger partial charge >= 0.3 is 0 Å². The lowest BCUT2D eigenvalue weighted by atomic mass is 10.4. The van der Waals surface area contributed by atoms with Gasteiger partial charge < -0.3 is 0 Å². The van der Waals surface area contributed by atoms with Crippen LogP contribution >= 0.6 is 11.5 Å². The molecule has 1 aromatic heterocycles. The van der Waals surface area contributed by atoms with Crippen LogP contribution < -0.4 is 0 Å². The smallest absolute Gasteiger partial charge is 0.0790 e. The Kier molecular flexibility index (Phi) is 1.36. The van der Waals surface area contributed by atoms with Gasteiger partial charge in [-0.15, -0.1) is 5.10 Å². The molecule has 1 heterocycles. The van der Waals surface area contributed by atoms with Crippen LogP contribution in [0, 0.1) is 6.42 Å². The first-order chi connectivity index (χ1) is 3.43. The van der Waals surface area contributed by atoms with Crippen LogP contribution in [-0.2, 0) is 0 Å². The van der Waals surface area contributed by atoms with Crippen molar-refractivity contribution in [2.75, 3.05) is 0 Å². The van der Waals surface area contributed by atoms with E-state index in [0.29, 0.717) is 0 Å². The summed E-state index contributed by atoms with van der Waals surface area (Å²) in [6, 6.07) is 0. The molecule has 1 rings (SSSR count). The molecule has 0 atom stereocenters. The largest absolute Gasteiger partial charge is 0.143 e. The molecule has 37 valence electrons. The van der Waals surface area contributed by atoms with Crippen molar-refractivity contribution in [2.45, 2.75) is 6.92 Å². The zero-order valence-corrected chi connectivity index (χ0v) is 4.77. The minimum absolute atomic E-state index is 0.963. The van der Waals surface area contributed by atoms with Crippen LogP contribution in [0.5, 0.6) is 0 Å². The lowest BCUT2D eigenvalue weighted by Gasteiger charge is -1.74. The van der Waals surface area contributed by atoms with Crippen molar-refractivity contribution in [1.82, 2.24) is 9.59 Å². The Labute approximate surface area is 46.4 Å². The normalized spacial score (nSPS) is 9.29. The van der Waals surface area contributed by atoms with Gasteiger partial charge in [-0.3, -0.25) is 0 Å². The van der Waals surface area contributed by atoms with Gasteiger partial charge in [-0.1, -0.05) is 11.4 Å². The summed E-state index contributed by atoms with van der Waals surface area (Å²) in [5.74, 6) is 0. The molecule has 0 N–H and O–H groups in total. The maximum Gasteiger partial charge on any atom is 0.0790 e. The van der Waals surface area contributed by atoms with Gasteiger partial charge in [0, 0.05) is 11.8 Å². The fraction of sp³-hybridized carbons (Fsp3) is 0.250. The summed E-state index contributed by atoms with van der Waals surface area (Å²) < 4.78 is 3.65. The molecule has 0 saturated heterocycles. The first-order valence-electron chi connectivity index (χ1n) is 2.00. The zero-order chi connectivity index (χ0) is 5.11. The molecule has 0 bridgehead atoms. The molecule has 0 saturated carbocycles. The standard InChI is InChI=1S/C4H5N2S/c1-2-4-3-7-6-5-4/h2-3H,1H3. The molecule has 0 aliphatic heterocycles. The van der Waals surface area contributed by atoms with E-state index in [0.717, 1.165) is 5.69 Å². The van der Waals surface area contributed by atoms with E-state index in [2.05, 4.69) is 9.59 Å². The van der Waals surface area contributed by atoms with E-state index in [1.807, 2.05) is 18.7 Å². The third-order valence-electron chi connectivity index (χ3n) is 0.673. The third-order valence-corrected chi connectivity index (χ3v) is 1.20. The number of hydrogen-bond acceptors (Lipinski definition) is 3. The maximum absolute atomic E-state index is 3.75. The average molecular weight is 113 g/mol. The van der Waals surface area contributed by atoms with Crippen LogP contribution in [0.1, 0.15) is 12.6 Å². The summed E-state index contributed by atoms with van der Waals surface area (Å²) >= 11 is 1.37. The maximum atomic E-state index is 3.75. The first kappa shape index (κ1) is 4.71. The second-order valence-electron chi connectivity index (χ2n) is 1.12. The molecule has 0 spiro atoms. The molecule has 0 aromatic carbocycles. The number of hydrogen-bond donors (Lipinski definition) is 0. The monoisotopic (exact) mass is 113 g/mol. The summed E-state index contributed by atoms with van der Waals surface area (Å²) in [4.78, 5) is 0. The van der Waals surface area contributed by atoms with E-state index in [4.69, 9.17) is 0 Å². The number of rotatable bonds is 1. The van der Waals surface area contributed by atoms with Gasteiger partial charge in [-0.2, -0.15) is 0 Å². The second kappa shape index (κ2) is 2.02. The molecule has 3 heteroatoms. The van der Waals surface area contributed by atoms with Gasteiger partial charge in [-0.05, 0) is 11.5 Å². The van der Waals surface area contributed by atoms with Crippen molar-refractivity contribution in [3.63, 3.8) is 0 Å². The molecule has 0 unspecified atom stereocenters. The summed E-state index contributed by atoms with van der Waals surface area (Å²) in [5.41, 5.74) is 0.963. The summed E-state index contributed by atoms with van der Waals surface area (Å²) in [7, 11) is 0. The quantitative estimate of drug-likeness (QED) is 0.545. The van der Waals surface area contributed by atoms with E-state index in [-0.39, 0.29) is 0 Å². The minimum atomic E-state index is 0.963. The Balaban J connectivity index is 2.76. The molecule has 1 aromatic rings. The van der Waals surface area contributed by atoms with Crippen molar-refractivity contribution in [3.05, 3.63) is 17.5 Å². The fourth-order valence-corrected chi connectivity index (χ4v) is 0.777. The third kappa shape index (κ3) is 0.962. The van der Waals surface area contributed by atoms with E-state index < -0.39 is 0 Å². The van der Waals surface area contributed by atoms with Crippen molar-refractivity contribution in [3.8, 4) is 0 Å². The van der Waals surface area contributed by atoms with E-state index in [1.54, 1.807) is 0 Å². The topological polar surface area (TPSA) is 25.8 Å².